The van der Waals surface area contributed by atoms with Crippen LogP contribution < -0.4 is 15.4 Å². The van der Waals surface area contributed by atoms with Gasteiger partial charge >= 0.3 is 0 Å². The van der Waals surface area contributed by atoms with Crippen molar-refractivity contribution < 1.29 is 18.8 Å². The maximum atomic E-state index is 13.1. The van der Waals surface area contributed by atoms with Gasteiger partial charge in [0.25, 0.3) is 11.9 Å². The molecule has 0 aromatic heterocycles. The van der Waals surface area contributed by atoms with Gasteiger partial charge in [0.15, 0.2) is 11.3 Å². The Morgan fingerprint density at radius 3 is 2.43 bits per heavy atom. The van der Waals surface area contributed by atoms with E-state index >= 15 is 0 Å². The Bertz CT molecular complexity index is 1310. The number of hydrogen-bond acceptors (Lipinski definition) is 5. The molecule has 0 aliphatic carbocycles. The van der Waals surface area contributed by atoms with Crippen molar-refractivity contribution in [2.24, 2.45) is 0 Å². The van der Waals surface area contributed by atoms with E-state index in [9.17, 15) is 19.3 Å². The van der Waals surface area contributed by atoms with Crippen molar-refractivity contribution in [1.82, 2.24) is 5.32 Å². The van der Waals surface area contributed by atoms with Crippen LogP contribution in [0.25, 0.3) is 0 Å². The van der Waals surface area contributed by atoms with Gasteiger partial charge in [-0.1, -0.05) is 53.5 Å². The fourth-order valence-electron chi connectivity index (χ4n) is 5.20. The molecule has 4 atom stereocenters. The summed E-state index contributed by atoms with van der Waals surface area (Å²) in [4.78, 5) is 25.2. The number of hydrogen-bond donors (Lipinski definition) is 2. The van der Waals surface area contributed by atoms with Crippen LogP contribution in [-0.2, 0) is 16.9 Å². The summed E-state index contributed by atoms with van der Waals surface area (Å²) in [5.74, 6) is -1.31. The van der Waals surface area contributed by atoms with E-state index in [4.69, 9.17) is 27.9 Å². The average Bonchev–Trinajstić information content (AvgIpc) is 3.28. The average molecular weight is 516 g/mol. The quantitative estimate of drug-likeness (QED) is 0.356. The lowest BCUT2D eigenvalue weighted by Gasteiger charge is -2.25. The lowest BCUT2D eigenvalue weighted by atomic mass is 9.78. The molecule has 2 aliphatic rings. The minimum Gasteiger partial charge on any atom is -0.486 e. The number of amides is 1. The summed E-state index contributed by atoms with van der Waals surface area (Å²) >= 11 is 13.0. The number of para-hydroxylation sites is 1. The maximum absolute atomic E-state index is 13.1. The van der Waals surface area contributed by atoms with Crippen molar-refractivity contribution in [3.63, 3.8) is 0 Å². The Hall–Kier alpha value is -3.20. The number of rotatable bonds is 5. The molecule has 1 amide bonds. The van der Waals surface area contributed by atoms with Gasteiger partial charge in [-0.25, -0.2) is 4.39 Å². The number of nitro groups is 1. The first-order valence-corrected chi connectivity index (χ1v) is 11.7. The summed E-state index contributed by atoms with van der Waals surface area (Å²) in [5, 5.41) is 18.8. The van der Waals surface area contributed by atoms with Gasteiger partial charge < -0.3 is 10.1 Å². The van der Waals surface area contributed by atoms with Crippen molar-refractivity contribution >= 4 is 34.8 Å². The molecule has 0 saturated carbocycles. The van der Waals surface area contributed by atoms with Gasteiger partial charge in [-0.3, -0.25) is 20.2 Å². The van der Waals surface area contributed by atoms with E-state index in [0.29, 0.717) is 16.8 Å². The number of anilines is 1. The number of nitrogens with one attached hydrogen (secondary N) is 2. The molecule has 180 valence electrons. The molecule has 2 N–H and O–H groups in total. The summed E-state index contributed by atoms with van der Waals surface area (Å²) in [6.45, 7) is 1.91. The van der Waals surface area contributed by atoms with E-state index in [1.54, 1.807) is 55.5 Å². The number of fused-ring (bicyclic) bond motifs is 2. The number of nitrogens with zero attached hydrogens (tertiary/aromatic N) is 1. The van der Waals surface area contributed by atoms with E-state index in [1.165, 1.54) is 12.1 Å². The zero-order valence-electron chi connectivity index (χ0n) is 18.4. The molecule has 0 radical (unpaired) electrons. The van der Waals surface area contributed by atoms with Crippen LogP contribution >= 0.6 is 23.2 Å². The van der Waals surface area contributed by atoms with Crippen LogP contribution in [0.4, 0.5) is 10.1 Å². The van der Waals surface area contributed by atoms with E-state index < -0.39 is 34.4 Å². The Kier molecular flexibility index (Phi) is 5.91. The third-order valence-electron chi connectivity index (χ3n) is 6.67. The van der Waals surface area contributed by atoms with Crippen LogP contribution in [0.5, 0.6) is 5.75 Å². The highest BCUT2D eigenvalue weighted by molar-refractivity contribution is 6.37. The molecule has 1 saturated heterocycles. The Morgan fingerprint density at radius 1 is 1.11 bits per heavy atom. The number of carbonyl (C=O) groups excluding carboxylic acids is 1. The molecule has 35 heavy (non-hydrogen) atoms. The molecule has 5 rings (SSSR count). The Labute approximate surface area is 210 Å². The molecule has 0 bridgehead atoms. The minimum atomic E-state index is -1.53. The van der Waals surface area contributed by atoms with Crippen LogP contribution in [0.15, 0.2) is 60.7 Å². The highest BCUT2D eigenvalue weighted by Gasteiger charge is 2.67. The smallest absolute Gasteiger partial charge is 0.256 e. The van der Waals surface area contributed by atoms with Crippen molar-refractivity contribution in [1.29, 1.82) is 0 Å². The van der Waals surface area contributed by atoms with Gasteiger partial charge in [-0.05, 0) is 48.4 Å². The summed E-state index contributed by atoms with van der Waals surface area (Å²) in [7, 11) is 0. The Morgan fingerprint density at radius 2 is 1.77 bits per heavy atom. The summed E-state index contributed by atoms with van der Waals surface area (Å²) in [6.07, 6.45) is 0. The molecule has 1 spiro atoms. The molecule has 3 aromatic rings. The SMILES string of the molecule is C[C@@H]1N[C@]2(C(=O)Nc3ccccc32)[C@@H]([N+](=O)[O-])[C@@H]1c1cc(Cl)c(OCc2ccc(F)cc2)c(Cl)c1. The number of ether oxygens (including phenoxy) is 1. The molecule has 3 aromatic carbocycles. The van der Waals surface area contributed by atoms with E-state index in [0.717, 1.165) is 5.56 Å². The van der Waals surface area contributed by atoms with E-state index in [2.05, 4.69) is 10.6 Å². The van der Waals surface area contributed by atoms with Crippen molar-refractivity contribution in [2.45, 2.75) is 37.1 Å². The molecular weight excluding hydrogens is 496 g/mol. The summed E-state index contributed by atoms with van der Waals surface area (Å²) in [5.41, 5.74) is 0.797. The van der Waals surface area contributed by atoms with Gasteiger partial charge in [0.2, 0.25) is 0 Å². The topological polar surface area (TPSA) is 93.5 Å². The largest absolute Gasteiger partial charge is 0.486 e. The maximum Gasteiger partial charge on any atom is 0.256 e. The molecule has 7 nitrogen and oxygen atoms in total. The van der Waals surface area contributed by atoms with Crippen LogP contribution in [0.1, 0.15) is 29.5 Å². The van der Waals surface area contributed by atoms with Gasteiger partial charge in [-0.15, -0.1) is 0 Å². The van der Waals surface area contributed by atoms with Crippen molar-refractivity contribution in [3.8, 4) is 5.75 Å². The standard InChI is InChI=1S/C25H20Cl2FN3O4/c1-13-21(23(31(33)34)25(30-13)17-4-2-3-5-20(17)29-24(25)32)15-10-18(26)22(19(27)11-15)35-12-14-6-8-16(28)9-7-14/h2-11,13,21,23,30H,12H2,1H3,(H,29,32)/t13-,21-,23-,25-/m0/s1. The van der Waals surface area contributed by atoms with Gasteiger partial charge in [0.05, 0.1) is 16.0 Å². The second-order valence-electron chi connectivity index (χ2n) is 8.73. The monoisotopic (exact) mass is 515 g/mol. The first-order chi connectivity index (χ1) is 16.7. The highest BCUT2D eigenvalue weighted by atomic mass is 35.5. The summed E-state index contributed by atoms with van der Waals surface area (Å²) in [6, 6.07) is 14.2. The zero-order valence-corrected chi connectivity index (χ0v) is 19.9. The predicted molar refractivity (Wildman–Crippen MR) is 130 cm³/mol. The molecule has 0 unspecified atom stereocenters. The van der Waals surface area contributed by atoms with Crippen LogP contribution in [0, 0.1) is 15.9 Å². The number of halogens is 3. The van der Waals surface area contributed by atoms with E-state index in [-0.39, 0.29) is 28.2 Å². The molecule has 2 aliphatic heterocycles. The van der Waals surface area contributed by atoms with Crippen LogP contribution in [-0.4, -0.2) is 22.9 Å². The second kappa shape index (κ2) is 8.78. The van der Waals surface area contributed by atoms with E-state index in [1.807, 2.05) is 0 Å². The minimum absolute atomic E-state index is 0.109. The van der Waals surface area contributed by atoms with Gasteiger partial charge in [0, 0.05) is 22.2 Å². The lowest BCUT2D eigenvalue weighted by Crippen LogP contribution is -2.54. The first-order valence-electron chi connectivity index (χ1n) is 10.9. The molecule has 1 fully saturated rings. The van der Waals surface area contributed by atoms with Gasteiger partial charge in [0.1, 0.15) is 12.4 Å². The van der Waals surface area contributed by atoms with Crippen molar-refractivity contribution in [2.75, 3.05) is 5.32 Å². The Balaban J connectivity index is 1.50. The van der Waals surface area contributed by atoms with Crippen LogP contribution in [0.3, 0.4) is 0 Å². The third kappa shape index (κ3) is 3.82. The zero-order chi connectivity index (χ0) is 24.9. The molecule has 10 heteroatoms. The van der Waals surface area contributed by atoms with Crippen LogP contribution in [0.2, 0.25) is 10.0 Å². The lowest BCUT2D eigenvalue weighted by molar-refractivity contribution is -0.532. The normalized spacial score (nSPS) is 24.9. The predicted octanol–water partition coefficient (Wildman–Crippen LogP) is 5.28. The number of carbonyl (C=O) groups is 1. The summed E-state index contributed by atoms with van der Waals surface area (Å²) < 4.78 is 18.9. The molecule has 2 heterocycles. The fourth-order valence-corrected chi connectivity index (χ4v) is 5.81. The van der Waals surface area contributed by atoms with Gasteiger partial charge in [-0.2, -0.15) is 0 Å². The fraction of sp³-hybridized carbons (Fsp3) is 0.240. The first kappa shape index (κ1) is 23.5. The molecular formula is C25H20Cl2FN3O4. The van der Waals surface area contributed by atoms with Crippen molar-refractivity contribution in [3.05, 3.63) is 103 Å². The highest BCUT2D eigenvalue weighted by Crippen LogP contribution is 2.50. The third-order valence-corrected chi connectivity index (χ3v) is 7.23. The number of benzene rings is 3. The second-order valence-corrected chi connectivity index (χ2v) is 9.54.